The number of amides is 1. The van der Waals surface area contributed by atoms with Crippen molar-refractivity contribution in [3.05, 3.63) is 63.2 Å². The van der Waals surface area contributed by atoms with Crippen molar-refractivity contribution in [1.82, 2.24) is 0 Å². The number of alkyl halides is 3. The molecule has 28 heavy (non-hydrogen) atoms. The van der Waals surface area contributed by atoms with Crippen molar-refractivity contribution in [3.63, 3.8) is 0 Å². The second kappa shape index (κ2) is 7.49. The first-order chi connectivity index (χ1) is 13.1. The van der Waals surface area contributed by atoms with Gasteiger partial charge in [-0.05, 0) is 55.5 Å². The van der Waals surface area contributed by atoms with Crippen molar-refractivity contribution < 1.29 is 22.9 Å². The topological polar surface area (TPSA) is 84.3 Å². The number of hydrogen-bond donors (Lipinski definition) is 2. The lowest BCUT2D eigenvalue weighted by molar-refractivity contribution is -0.385. The Morgan fingerprint density at radius 3 is 2.54 bits per heavy atom. The quantitative estimate of drug-likeness (QED) is 0.577. The van der Waals surface area contributed by atoms with Gasteiger partial charge in [0.05, 0.1) is 16.2 Å². The van der Waals surface area contributed by atoms with E-state index in [1.807, 2.05) is 18.2 Å². The summed E-state index contributed by atoms with van der Waals surface area (Å²) in [6.07, 6.45) is -1.78. The molecule has 0 heterocycles. The van der Waals surface area contributed by atoms with Gasteiger partial charge in [-0.1, -0.05) is 6.07 Å². The number of nitrogens with one attached hydrogen (secondary N) is 2. The first kappa shape index (κ1) is 19.7. The van der Waals surface area contributed by atoms with Crippen LogP contribution >= 0.6 is 0 Å². The molecule has 2 aromatic rings. The fourth-order valence-corrected chi connectivity index (χ4v) is 3.21. The molecule has 0 aromatic heterocycles. The summed E-state index contributed by atoms with van der Waals surface area (Å²) in [6, 6.07) is 7.17. The number of benzene rings is 2. The summed E-state index contributed by atoms with van der Waals surface area (Å²) < 4.78 is 39.7. The highest BCUT2D eigenvalue weighted by Gasteiger charge is 2.36. The van der Waals surface area contributed by atoms with Gasteiger partial charge in [0.15, 0.2) is 0 Å². The summed E-state index contributed by atoms with van der Waals surface area (Å²) in [5.74, 6) is -0.681. The standard InChI is InChI=1S/C19H18F3N3O3/c1-11(23-14-6-5-12-3-2-4-13(12)9-14)18(26)24-17-8-7-15(25(27)28)10-16(17)19(20,21)22/h5-11,23H,2-4H2,1H3,(H,24,26)/t11-/m0/s1. The van der Waals surface area contributed by atoms with Gasteiger partial charge in [-0.2, -0.15) is 13.2 Å². The SMILES string of the molecule is C[C@H](Nc1ccc2c(c1)CCC2)C(=O)Nc1ccc([N+](=O)[O-])cc1C(F)(F)F. The van der Waals surface area contributed by atoms with Crippen molar-refractivity contribution in [2.45, 2.75) is 38.4 Å². The minimum Gasteiger partial charge on any atom is -0.374 e. The number of carbonyl (C=O) groups is 1. The van der Waals surface area contributed by atoms with Gasteiger partial charge >= 0.3 is 6.18 Å². The highest BCUT2D eigenvalue weighted by atomic mass is 19.4. The number of carbonyl (C=O) groups excluding carboxylic acids is 1. The Labute approximate surface area is 158 Å². The van der Waals surface area contributed by atoms with E-state index in [9.17, 15) is 28.1 Å². The molecule has 1 atom stereocenters. The summed E-state index contributed by atoms with van der Waals surface area (Å²) in [6.45, 7) is 1.53. The molecule has 0 saturated carbocycles. The Morgan fingerprint density at radius 2 is 1.86 bits per heavy atom. The predicted molar refractivity (Wildman–Crippen MR) is 98.3 cm³/mol. The molecule has 0 spiro atoms. The van der Waals surface area contributed by atoms with Gasteiger partial charge in [0.2, 0.25) is 5.91 Å². The number of anilines is 2. The van der Waals surface area contributed by atoms with Crippen LogP contribution in [0.4, 0.5) is 30.2 Å². The maximum atomic E-state index is 13.2. The second-order valence-corrected chi connectivity index (χ2v) is 6.68. The Bertz CT molecular complexity index is 928. The molecular weight excluding hydrogens is 375 g/mol. The van der Waals surface area contributed by atoms with Crippen LogP contribution in [-0.2, 0) is 23.8 Å². The molecule has 0 unspecified atom stereocenters. The summed E-state index contributed by atoms with van der Waals surface area (Å²) in [5.41, 5.74) is 0.693. The predicted octanol–water partition coefficient (Wildman–Crippen LogP) is 4.54. The molecule has 3 rings (SSSR count). The molecule has 0 bridgehead atoms. The third-order valence-corrected chi connectivity index (χ3v) is 4.65. The molecule has 6 nitrogen and oxygen atoms in total. The van der Waals surface area contributed by atoms with Crippen LogP contribution in [0.3, 0.4) is 0 Å². The van der Waals surface area contributed by atoms with E-state index in [0.717, 1.165) is 31.4 Å². The smallest absolute Gasteiger partial charge is 0.374 e. The second-order valence-electron chi connectivity index (χ2n) is 6.68. The van der Waals surface area contributed by atoms with Crippen molar-refractivity contribution in [3.8, 4) is 0 Å². The number of nitro benzene ring substituents is 1. The number of non-ortho nitro benzene ring substituents is 1. The zero-order valence-electron chi connectivity index (χ0n) is 15.0. The molecule has 2 N–H and O–H groups in total. The van der Waals surface area contributed by atoms with E-state index < -0.39 is 40.0 Å². The lowest BCUT2D eigenvalue weighted by atomic mass is 10.1. The number of fused-ring (bicyclic) bond motifs is 1. The zero-order chi connectivity index (χ0) is 20.5. The normalized spacial score (nSPS) is 14.3. The number of halogens is 3. The molecule has 9 heteroatoms. The zero-order valence-corrected chi connectivity index (χ0v) is 15.0. The summed E-state index contributed by atoms with van der Waals surface area (Å²) in [5, 5.41) is 15.9. The van der Waals surface area contributed by atoms with Crippen molar-refractivity contribution in [1.29, 1.82) is 0 Å². The van der Waals surface area contributed by atoms with Gasteiger partial charge in [-0.25, -0.2) is 0 Å². The third-order valence-electron chi connectivity index (χ3n) is 4.65. The van der Waals surface area contributed by atoms with E-state index in [-0.39, 0.29) is 0 Å². The van der Waals surface area contributed by atoms with Gasteiger partial charge in [0.25, 0.3) is 5.69 Å². The summed E-state index contributed by atoms with van der Waals surface area (Å²) in [7, 11) is 0. The van der Waals surface area contributed by atoms with Gasteiger partial charge in [-0.3, -0.25) is 14.9 Å². The molecule has 1 amide bonds. The van der Waals surface area contributed by atoms with Crippen LogP contribution < -0.4 is 10.6 Å². The number of rotatable bonds is 5. The Kier molecular flexibility index (Phi) is 5.26. The Morgan fingerprint density at radius 1 is 1.14 bits per heavy atom. The molecule has 0 radical (unpaired) electrons. The lowest BCUT2D eigenvalue weighted by Gasteiger charge is -2.18. The van der Waals surface area contributed by atoms with Crippen LogP contribution in [0.1, 0.15) is 30.0 Å². The Hall–Kier alpha value is -3.10. The number of nitrogens with zero attached hydrogens (tertiary/aromatic N) is 1. The molecule has 2 aromatic carbocycles. The van der Waals surface area contributed by atoms with Crippen LogP contribution in [0, 0.1) is 10.1 Å². The van der Waals surface area contributed by atoms with E-state index in [1.165, 1.54) is 18.1 Å². The van der Waals surface area contributed by atoms with E-state index in [0.29, 0.717) is 11.8 Å². The number of hydrogen-bond acceptors (Lipinski definition) is 4. The number of aryl methyl sites for hydroxylation is 2. The maximum Gasteiger partial charge on any atom is 0.418 e. The summed E-state index contributed by atoms with van der Waals surface area (Å²) >= 11 is 0. The van der Waals surface area contributed by atoms with Gasteiger partial charge in [0.1, 0.15) is 6.04 Å². The van der Waals surface area contributed by atoms with Crippen LogP contribution in [0.2, 0.25) is 0 Å². The molecule has 148 valence electrons. The van der Waals surface area contributed by atoms with E-state index in [1.54, 1.807) is 0 Å². The highest BCUT2D eigenvalue weighted by molar-refractivity contribution is 5.97. The van der Waals surface area contributed by atoms with Gasteiger partial charge < -0.3 is 10.6 Å². The minimum absolute atomic E-state index is 0.411. The average molecular weight is 393 g/mol. The van der Waals surface area contributed by atoms with Crippen LogP contribution in [-0.4, -0.2) is 16.9 Å². The summed E-state index contributed by atoms with van der Waals surface area (Å²) in [4.78, 5) is 22.2. The fourth-order valence-electron chi connectivity index (χ4n) is 3.21. The average Bonchev–Trinajstić information content (AvgIpc) is 3.08. The molecule has 1 aliphatic carbocycles. The Balaban J connectivity index is 1.75. The van der Waals surface area contributed by atoms with E-state index in [4.69, 9.17) is 0 Å². The highest BCUT2D eigenvalue weighted by Crippen LogP contribution is 2.37. The largest absolute Gasteiger partial charge is 0.418 e. The molecule has 0 aliphatic heterocycles. The maximum absolute atomic E-state index is 13.2. The van der Waals surface area contributed by atoms with Crippen LogP contribution in [0.15, 0.2) is 36.4 Å². The third kappa shape index (κ3) is 4.24. The molecule has 0 fully saturated rings. The lowest BCUT2D eigenvalue weighted by Crippen LogP contribution is -2.32. The van der Waals surface area contributed by atoms with Crippen molar-refractivity contribution in [2.75, 3.05) is 10.6 Å². The monoisotopic (exact) mass is 393 g/mol. The number of nitro groups is 1. The van der Waals surface area contributed by atoms with E-state index >= 15 is 0 Å². The molecule has 0 saturated heterocycles. The van der Waals surface area contributed by atoms with Gasteiger partial charge in [0, 0.05) is 17.8 Å². The first-order valence-electron chi connectivity index (χ1n) is 8.70. The van der Waals surface area contributed by atoms with Crippen molar-refractivity contribution in [2.24, 2.45) is 0 Å². The van der Waals surface area contributed by atoms with E-state index in [2.05, 4.69) is 10.6 Å². The molecular formula is C19H18F3N3O3. The molecule has 1 aliphatic rings. The fraction of sp³-hybridized carbons (Fsp3) is 0.316. The van der Waals surface area contributed by atoms with Crippen LogP contribution in [0.25, 0.3) is 0 Å². The first-order valence-corrected chi connectivity index (χ1v) is 8.70. The van der Waals surface area contributed by atoms with Crippen molar-refractivity contribution >= 4 is 23.0 Å². The minimum atomic E-state index is -4.84. The van der Waals surface area contributed by atoms with Gasteiger partial charge in [-0.15, -0.1) is 0 Å². The van der Waals surface area contributed by atoms with Crippen LogP contribution in [0.5, 0.6) is 0 Å².